The fraction of sp³-hybridized carbons (Fsp3) is 0.455. The number of nitrogens with zero attached hydrogens (tertiary/aromatic N) is 3. The van der Waals surface area contributed by atoms with E-state index in [0.717, 1.165) is 17.4 Å². The van der Waals surface area contributed by atoms with Gasteiger partial charge in [0.2, 0.25) is 15.9 Å². The molecule has 0 spiro atoms. The Bertz CT molecular complexity index is 1770. The normalized spacial score (nSPS) is 15.4. The average Bonchev–Trinajstić information content (AvgIpc) is 3.38. The lowest BCUT2D eigenvalue weighted by molar-refractivity contribution is -0.130. The van der Waals surface area contributed by atoms with Gasteiger partial charge in [-0.05, 0) is 74.9 Å². The van der Waals surface area contributed by atoms with Crippen molar-refractivity contribution in [1.29, 1.82) is 0 Å². The molecule has 1 amide bonds. The minimum absolute atomic E-state index is 0.0501. The smallest absolute Gasteiger partial charge is 0.492 e. The molecule has 3 N–H and O–H groups in total. The number of anilines is 3. The predicted molar refractivity (Wildman–Crippen MR) is 182 cm³/mol. The minimum atomic E-state index is -3.63. The van der Waals surface area contributed by atoms with E-state index in [1.165, 1.54) is 13.4 Å². The highest BCUT2D eigenvalue weighted by Crippen LogP contribution is 2.39. The molecule has 0 saturated carbocycles. The van der Waals surface area contributed by atoms with Crippen LogP contribution in [0.25, 0.3) is 0 Å². The van der Waals surface area contributed by atoms with Gasteiger partial charge in [-0.15, -0.1) is 5.06 Å². The molecule has 2 aromatic carbocycles. The van der Waals surface area contributed by atoms with E-state index < -0.39 is 27.7 Å². The molecule has 1 saturated heterocycles. The molecule has 15 heteroatoms. The summed E-state index contributed by atoms with van der Waals surface area (Å²) in [6.45, 7) is 14.1. The Hall–Kier alpha value is -4.63. The van der Waals surface area contributed by atoms with Crippen LogP contribution in [0, 0.1) is 6.92 Å². The van der Waals surface area contributed by atoms with Gasteiger partial charge in [0.05, 0.1) is 31.3 Å². The Labute approximate surface area is 281 Å². The van der Waals surface area contributed by atoms with Crippen LogP contribution in [0.15, 0.2) is 42.7 Å². The van der Waals surface area contributed by atoms with Gasteiger partial charge in [-0.1, -0.05) is 26.8 Å². The van der Waals surface area contributed by atoms with Crippen molar-refractivity contribution in [1.82, 2.24) is 15.0 Å². The fourth-order valence-corrected chi connectivity index (χ4v) is 5.35. The summed E-state index contributed by atoms with van der Waals surface area (Å²) in [5.74, 6) is 0.885. The van der Waals surface area contributed by atoms with Crippen LogP contribution in [0.3, 0.4) is 0 Å². The largest absolute Gasteiger partial charge is 0.528 e. The summed E-state index contributed by atoms with van der Waals surface area (Å²) in [5.41, 5.74) is 1.34. The van der Waals surface area contributed by atoms with Gasteiger partial charge < -0.3 is 29.7 Å². The van der Waals surface area contributed by atoms with E-state index in [0.29, 0.717) is 42.3 Å². The maximum absolute atomic E-state index is 13.5. The zero-order valence-corrected chi connectivity index (χ0v) is 29.6. The Balaban J connectivity index is 1.48. The molecule has 1 aliphatic heterocycles. The summed E-state index contributed by atoms with van der Waals surface area (Å²) in [6, 6.07) is 10.1. The molecule has 48 heavy (non-hydrogen) atoms. The topological polar surface area (TPSA) is 170 Å². The van der Waals surface area contributed by atoms with E-state index >= 15 is 0 Å². The summed E-state index contributed by atoms with van der Waals surface area (Å²) in [7, 11) is -2.23. The molecule has 1 atom stereocenters. The number of nitrogens with one attached hydrogen (secondary N) is 3. The Morgan fingerprint density at radius 2 is 1.71 bits per heavy atom. The Morgan fingerprint density at radius 1 is 1.00 bits per heavy atom. The number of sulfonamides is 1. The van der Waals surface area contributed by atoms with Crippen LogP contribution in [-0.4, -0.2) is 73.6 Å². The number of hydrogen-bond acceptors (Lipinski definition) is 12. The highest BCUT2D eigenvalue weighted by atomic mass is 32.2. The van der Waals surface area contributed by atoms with E-state index in [9.17, 15) is 18.0 Å². The molecule has 1 aliphatic rings. The quantitative estimate of drug-likeness (QED) is 0.218. The Kier molecular flexibility index (Phi) is 10.7. The first kappa shape index (κ1) is 36.2. The molecule has 2 heterocycles. The third-order valence-corrected chi connectivity index (χ3v) is 7.70. The van der Waals surface area contributed by atoms with E-state index in [4.69, 9.17) is 19.0 Å². The number of ether oxygens (including phenoxy) is 3. The van der Waals surface area contributed by atoms with Crippen LogP contribution in [0.4, 0.5) is 22.0 Å². The number of hydroxylamine groups is 2. The number of hydrogen-bond donors (Lipinski definition) is 3. The number of methoxy groups -OCH3 is 1. The van der Waals surface area contributed by atoms with Crippen molar-refractivity contribution in [3.05, 3.63) is 59.4 Å². The molecule has 1 fully saturated rings. The lowest BCUT2D eigenvalue weighted by Crippen LogP contribution is -2.32. The third-order valence-electron chi connectivity index (χ3n) is 7.11. The molecule has 1 aromatic heterocycles. The number of rotatable bonds is 10. The predicted octanol–water partition coefficient (Wildman–Crippen LogP) is 5.86. The van der Waals surface area contributed by atoms with Gasteiger partial charge in [-0.2, -0.15) is 0 Å². The van der Waals surface area contributed by atoms with Crippen LogP contribution in [-0.2, 0) is 25.0 Å². The van der Waals surface area contributed by atoms with Crippen molar-refractivity contribution in [2.75, 3.05) is 41.8 Å². The van der Waals surface area contributed by atoms with Crippen LogP contribution in [0.2, 0.25) is 0 Å². The van der Waals surface area contributed by atoms with Gasteiger partial charge in [-0.25, -0.2) is 23.2 Å². The van der Waals surface area contributed by atoms with Gasteiger partial charge >= 0.3 is 6.16 Å². The van der Waals surface area contributed by atoms with E-state index in [-0.39, 0.29) is 28.8 Å². The van der Waals surface area contributed by atoms with Gasteiger partial charge in [-0.3, -0.25) is 9.52 Å². The second-order valence-corrected chi connectivity index (χ2v) is 15.3. The van der Waals surface area contributed by atoms with Crippen molar-refractivity contribution in [3.8, 4) is 17.4 Å². The monoisotopic (exact) mass is 684 g/mol. The summed E-state index contributed by atoms with van der Waals surface area (Å²) < 4.78 is 43.5. The lowest BCUT2D eigenvalue weighted by atomic mass is 9.86. The van der Waals surface area contributed by atoms with Crippen LogP contribution < -0.4 is 24.8 Å². The first-order valence-corrected chi connectivity index (χ1v) is 17.2. The molecular weight excluding hydrogens is 640 g/mol. The molecule has 3 aromatic rings. The second kappa shape index (κ2) is 14.2. The van der Waals surface area contributed by atoms with Gasteiger partial charge in [0.15, 0.2) is 5.75 Å². The molecule has 0 radical (unpaired) electrons. The summed E-state index contributed by atoms with van der Waals surface area (Å²) >= 11 is 0. The number of aromatic nitrogens is 2. The maximum atomic E-state index is 13.5. The number of aryl methyl sites for hydroxylation is 1. The van der Waals surface area contributed by atoms with Crippen LogP contribution >= 0.6 is 0 Å². The zero-order valence-electron chi connectivity index (χ0n) is 28.8. The summed E-state index contributed by atoms with van der Waals surface area (Å²) in [5, 5.41) is 7.72. The van der Waals surface area contributed by atoms with E-state index in [1.54, 1.807) is 62.2 Å². The molecular formula is C33H44N6O8S. The van der Waals surface area contributed by atoms with E-state index in [2.05, 4.69) is 25.3 Å². The van der Waals surface area contributed by atoms with Gasteiger partial charge in [0.1, 0.15) is 23.5 Å². The first-order valence-electron chi connectivity index (χ1n) is 15.3. The molecule has 260 valence electrons. The Morgan fingerprint density at radius 3 is 2.35 bits per heavy atom. The summed E-state index contributed by atoms with van der Waals surface area (Å²) in [4.78, 5) is 39.4. The summed E-state index contributed by atoms with van der Waals surface area (Å²) in [6.07, 6.45) is 2.36. The number of carbonyl (C=O) groups is 2. The van der Waals surface area contributed by atoms with E-state index in [1.807, 2.05) is 27.7 Å². The van der Waals surface area contributed by atoms with Crippen molar-refractivity contribution < 1.29 is 37.1 Å². The van der Waals surface area contributed by atoms with Crippen LogP contribution in [0.5, 0.6) is 17.4 Å². The SMILES string of the molecule is COc1c(NC(=O)c2ccc(C)c(Oc3cc(NC4CCN(OC(=O)OC(C)(C)C)C4)ncn3)c2)cc(C(C)(C)C)cc1NS(C)(=O)=O. The van der Waals surface area contributed by atoms with Crippen molar-refractivity contribution in [2.24, 2.45) is 0 Å². The highest BCUT2D eigenvalue weighted by Gasteiger charge is 2.28. The minimum Gasteiger partial charge on any atom is -0.492 e. The molecule has 0 bridgehead atoms. The standard InChI is InChI=1S/C33H44N6O8S/c1-20-10-11-21(30(40)37-24-15-22(32(2,3)4)16-25(29(24)44-8)38-48(9,42)43)14-26(20)45-28-17-27(34-19-35-28)36-23-12-13-39(18-23)47-31(41)46-33(5,6)7/h10-11,14-17,19,23,38H,12-13,18H2,1-9H3,(H,37,40)(H,34,35,36). The van der Waals surface area contributed by atoms with Gasteiger partial charge in [0.25, 0.3) is 5.91 Å². The third kappa shape index (κ3) is 10.2. The second-order valence-electron chi connectivity index (χ2n) is 13.6. The van der Waals surface area contributed by atoms with Crippen LogP contribution in [0.1, 0.15) is 69.4 Å². The van der Waals surface area contributed by atoms with Crippen molar-refractivity contribution in [2.45, 2.75) is 71.9 Å². The zero-order chi connectivity index (χ0) is 35.4. The number of carbonyl (C=O) groups excluding carboxylic acids is 2. The first-order chi connectivity index (χ1) is 22.3. The highest BCUT2D eigenvalue weighted by molar-refractivity contribution is 7.92. The fourth-order valence-electron chi connectivity index (χ4n) is 4.79. The molecule has 1 unspecified atom stereocenters. The number of amides is 1. The molecule has 0 aliphatic carbocycles. The van der Waals surface area contributed by atoms with Crippen molar-refractivity contribution in [3.63, 3.8) is 0 Å². The lowest BCUT2D eigenvalue weighted by Gasteiger charge is -2.24. The molecule has 14 nitrogen and oxygen atoms in total. The average molecular weight is 685 g/mol. The molecule has 4 rings (SSSR count). The van der Waals surface area contributed by atoms with Gasteiger partial charge in [0, 0.05) is 24.2 Å². The maximum Gasteiger partial charge on any atom is 0.528 e. The van der Waals surface area contributed by atoms with Crippen molar-refractivity contribution >= 4 is 39.3 Å². The number of benzene rings is 2.